The topological polar surface area (TPSA) is 99.2 Å². The number of aliphatic hydroxyl groups is 1. The van der Waals surface area contributed by atoms with E-state index in [9.17, 15) is 22.7 Å². The third-order valence-electron chi connectivity index (χ3n) is 6.01. The fraction of sp³-hybridized carbons (Fsp3) is 0.375. The van der Waals surface area contributed by atoms with Crippen molar-refractivity contribution in [3.05, 3.63) is 72.6 Å². The number of para-hydroxylation sites is 1. The molecule has 1 saturated heterocycles. The molecule has 4 rings (SSSR count). The van der Waals surface area contributed by atoms with Gasteiger partial charge in [-0.3, -0.25) is 4.79 Å². The summed E-state index contributed by atoms with van der Waals surface area (Å²) in [5.41, 5.74) is 1.13. The zero-order valence-corrected chi connectivity index (χ0v) is 19.4. The molecule has 1 amide bonds. The van der Waals surface area contributed by atoms with Gasteiger partial charge in [0.2, 0.25) is 15.9 Å². The molecule has 2 aliphatic rings. The Labute approximate surface area is 198 Å². The maximum atomic E-state index is 13.1. The number of nitrogens with zero attached hydrogens (tertiary/aromatic N) is 2. The monoisotopic (exact) mass is 489 g/mol. The summed E-state index contributed by atoms with van der Waals surface area (Å²) in [6.07, 6.45) is 1.92. The third kappa shape index (κ3) is 5.82. The second-order valence-corrected chi connectivity index (χ2v) is 10.0. The smallest absolute Gasteiger partial charge is 0.241 e. The first-order valence-electron chi connectivity index (χ1n) is 11.2. The van der Waals surface area contributed by atoms with Gasteiger partial charge < -0.3 is 19.6 Å². The van der Waals surface area contributed by atoms with Crippen LogP contribution in [0, 0.1) is 5.82 Å². The quantitative estimate of drug-likeness (QED) is 0.573. The number of sulfonamides is 1. The highest BCUT2D eigenvalue weighted by molar-refractivity contribution is 7.89. The van der Waals surface area contributed by atoms with Crippen LogP contribution < -0.4 is 9.62 Å². The Hall–Kier alpha value is -2.79. The maximum absolute atomic E-state index is 13.1. The number of piperazine rings is 1. The highest BCUT2D eigenvalue weighted by Crippen LogP contribution is 2.21. The Morgan fingerprint density at radius 1 is 1.03 bits per heavy atom. The summed E-state index contributed by atoms with van der Waals surface area (Å²) < 4.78 is 46.6. The summed E-state index contributed by atoms with van der Waals surface area (Å²) in [6.45, 7) is 2.26. The molecule has 0 aliphatic carbocycles. The number of nitrogens with one attached hydrogen (secondary N) is 1. The molecule has 0 aromatic heterocycles. The van der Waals surface area contributed by atoms with Crippen molar-refractivity contribution in [3.63, 3.8) is 0 Å². The Morgan fingerprint density at radius 2 is 1.71 bits per heavy atom. The van der Waals surface area contributed by atoms with E-state index in [1.807, 2.05) is 30.3 Å². The molecule has 34 heavy (non-hydrogen) atoms. The summed E-state index contributed by atoms with van der Waals surface area (Å²) in [5, 5.41) is 9.76. The Bertz CT molecular complexity index is 1100. The Balaban J connectivity index is 1.32. The van der Waals surface area contributed by atoms with Crippen LogP contribution in [0.4, 0.5) is 10.1 Å². The average molecular weight is 490 g/mol. The van der Waals surface area contributed by atoms with E-state index in [0.717, 1.165) is 43.0 Å². The first-order chi connectivity index (χ1) is 16.4. The van der Waals surface area contributed by atoms with Crippen LogP contribution in [-0.2, 0) is 19.6 Å². The standard InChI is InChI=1S/C24H28FN3O5S/c25-18-6-9-21(10-7-18)34(31,32)26-22-11-8-20(33-23(22)17-29)16-24(30)28-14-12-27(13-15-28)19-4-2-1-3-5-19/h1-11,20,22-23,26,29H,12-17H2/t20-,22-,23+/m0/s1. The Morgan fingerprint density at radius 3 is 2.35 bits per heavy atom. The van der Waals surface area contributed by atoms with E-state index < -0.39 is 40.7 Å². The van der Waals surface area contributed by atoms with Gasteiger partial charge in [-0.2, -0.15) is 0 Å². The molecule has 2 N–H and O–H groups in total. The number of anilines is 1. The maximum Gasteiger partial charge on any atom is 0.241 e. The first kappa shape index (κ1) is 24.3. The van der Waals surface area contributed by atoms with Crippen LogP contribution in [0.25, 0.3) is 0 Å². The van der Waals surface area contributed by atoms with Crippen molar-refractivity contribution in [1.29, 1.82) is 0 Å². The lowest BCUT2D eigenvalue weighted by Crippen LogP contribution is -2.51. The molecule has 0 unspecified atom stereocenters. The van der Waals surface area contributed by atoms with E-state index in [1.54, 1.807) is 17.1 Å². The highest BCUT2D eigenvalue weighted by Gasteiger charge is 2.32. The molecule has 8 nitrogen and oxygen atoms in total. The fourth-order valence-corrected chi connectivity index (χ4v) is 5.34. The van der Waals surface area contributed by atoms with Gasteiger partial charge in [-0.25, -0.2) is 17.5 Å². The van der Waals surface area contributed by atoms with Crippen molar-refractivity contribution in [2.24, 2.45) is 0 Å². The van der Waals surface area contributed by atoms with E-state index in [-0.39, 0.29) is 17.2 Å². The molecular formula is C24H28FN3O5S. The number of carbonyl (C=O) groups excluding carboxylic acids is 1. The normalized spacial score (nSPS) is 23.2. The summed E-state index contributed by atoms with van der Waals surface area (Å²) in [6, 6.07) is 13.7. The van der Waals surface area contributed by atoms with Gasteiger partial charge in [0, 0.05) is 31.9 Å². The van der Waals surface area contributed by atoms with E-state index in [2.05, 4.69) is 9.62 Å². The molecule has 2 heterocycles. The molecule has 0 radical (unpaired) electrons. The summed E-state index contributed by atoms with van der Waals surface area (Å²) in [5.74, 6) is -0.591. The molecule has 182 valence electrons. The number of hydrogen-bond acceptors (Lipinski definition) is 6. The van der Waals surface area contributed by atoms with Crippen molar-refractivity contribution in [1.82, 2.24) is 9.62 Å². The number of carbonyl (C=O) groups is 1. The summed E-state index contributed by atoms with van der Waals surface area (Å²) in [4.78, 5) is 16.8. The molecule has 3 atom stereocenters. The molecule has 0 spiro atoms. The van der Waals surface area contributed by atoms with Crippen LogP contribution in [0.2, 0.25) is 0 Å². The number of hydrogen-bond donors (Lipinski definition) is 2. The Kier molecular flexibility index (Phi) is 7.62. The summed E-state index contributed by atoms with van der Waals surface area (Å²) >= 11 is 0. The van der Waals surface area contributed by atoms with Gasteiger partial charge >= 0.3 is 0 Å². The van der Waals surface area contributed by atoms with E-state index in [0.29, 0.717) is 13.1 Å². The number of rotatable bonds is 7. The fourth-order valence-electron chi connectivity index (χ4n) is 4.13. The lowest BCUT2D eigenvalue weighted by molar-refractivity contribution is -0.135. The number of ether oxygens (including phenoxy) is 1. The minimum absolute atomic E-state index is 0.0515. The third-order valence-corrected chi connectivity index (χ3v) is 7.48. The SMILES string of the molecule is O=C(C[C@@H]1C=C[C@H](NS(=O)(=O)c2ccc(F)cc2)[C@@H](CO)O1)N1CCN(c2ccccc2)CC1. The largest absolute Gasteiger partial charge is 0.394 e. The lowest BCUT2D eigenvalue weighted by atomic mass is 10.1. The predicted molar refractivity (Wildman–Crippen MR) is 125 cm³/mol. The molecule has 0 bridgehead atoms. The molecule has 1 fully saturated rings. The van der Waals surface area contributed by atoms with E-state index >= 15 is 0 Å². The summed E-state index contributed by atoms with van der Waals surface area (Å²) in [7, 11) is -3.94. The van der Waals surface area contributed by atoms with Crippen LogP contribution in [0.3, 0.4) is 0 Å². The van der Waals surface area contributed by atoms with Crippen molar-refractivity contribution >= 4 is 21.6 Å². The minimum atomic E-state index is -3.94. The molecule has 2 aromatic rings. The minimum Gasteiger partial charge on any atom is -0.394 e. The van der Waals surface area contributed by atoms with Crippen LogP contribution in [0.15, 0.2) is 71.6 Å². The second kappa shape index (κ2) is 10.6. The predicted octanol–water partition coefficient (Wildman–Crippen LogP) is 1.53. The average Bonchev–Trinajstić information content (AvgIpc) is 2.85. The van der Waals surface area contributed by atoms with Crippen molar-refractivity contribution < 1.29 is 27.4 Å². The molecule has 0 saturated carbocycles. The van der Waals surface area contributed by atoms with Crippen molar-refractivity contribution in [2.45, 2.75) is 29.6 Å². The van der Waals surface area contributed by atoms with Gasteiger partial charge in [0.1, 0.15) is 11.9 Å². The number of halogens is 1. The van der Waals surface area contributed by atoms with Gasteiger partial charge in [0.25, 0.3) is 0 Å². The van der Waals surface area contributed by atoms with Crippen molar-refractivity contribution in [3.8, 4) is 0 Å². The van der Waals surface area contributed by atoms with Crippen LogP contribution in [-0.4, -0.2) is 75.4 Å². The van der Waals surface area contributed by atoms with Gasteiger partial charge in [-0.1, -0.05) is 30.4 Å². The van der Waals surface area contributed by atoms with Crippen LogP contribution in [0.5, 0.6) is 0 Å². The first-order valence-corrected chi connectivity index (χ1v) is 12.6. The lowest BCUT2D eigenvalue weighted by Gasteiger charge is -2.37. The van der Waals surface area contributed by atoms with Gasteiger partial charge in [0.05, 0.1) is 30.1 Å². The van der Waals surface area contributed by atoms with Crippen LogP contribution >= 0.6 is 0 Å². The molecule has 2 aliphatic heterocycles. The molecule has 10 heteroatoms. The number of benzene rings is 2. The van der Waals surface area contributed by atoms with Gasteiger partial charge in [-0.15, -0.1) is 0 Å². The second-order valence-electron chi connectivity index (χ2n) is 8.29. The van der Waals surface area contributed by atoms with Gasteiger partial charge in [-0.05, 0) is 36.4 Å². The zero-order valence-electron chi connectivity index (χ0n) is 18.6. The number of aliphatic hydroxyl groups excluding tert-OH is 1. The zero-order chi connectivity index (χ0) is 24.1. The van der Waals surface area contributed by atoms with E-state index in [1.165, 1.54) is 0 Å². The van der Waals surface area contributed by atoms with Crippen LogP contribution in [0.1, 0.15) is 6.42 Å². The van der Waals surface area contributed by atoms with Gasteiger partial charge in [0.15, 0.2) is 0 Å². The highest BCUT2D eigenvalue weighted by atomic mass is 32.2. The van der Waals surface area contributed by atoms with Crippen molar-refractivity contribution in [2.75, 3.05) is 37.7 Å². The molecule has 2 aromatic carbocycles. The molecular weight excluding hydrogens is 461 g/mol. The van der Waals surface area contributed by atoms with E-state index in [4.69, 9.17) is 4.74 Å². The number of amides is 1.